The number of urea groups is 1. The van der Waals surface area contributed by atoms with Gasteiger partial charge in [0, 0.05) is 24.8 Å². The topological polar surface area (TPSA) is 67.6 Å². The highest BCUT2D eigenvalue weighted by Crippen LogP contribution is 2.21. The van der Waals surface area contributed by atoms with E-state index in [0.29, 0.717) is 6.54 Å². The molecule has 0 spiro atoms. The second kappa shape index (κ2) is 5.93. The largest absolute Gasteiger partial charge is 0.497 e. The molecule has 0 aliphatic carbocycles. The van der Waals surface area contributed by atoms with E-state index in [4.69, 9.17) is 10.5 Å². The van der Waals surface area contributed by atoms with Gasteiger partial charge in [-0.05, 0) is 43.5 Å². The van der Waals surface area contributed by atoms with Gasteiger partial charge in [-0.15, -0.1) is 0 Å². The summed E-state index contributed by atoms with van der Waals surface area (Å²) in [6, 6.07) is 5.61. The van der Waals surface area contributed by atoms with Crippen molar-refractivity contribution in [3.8, 4) is 5.75 Å². The minimum absolute atomic E-state index is 0.0802. The Morgan fingerprint density at radius 3 is 2.95 bits per heavy atom. The predicted octanol–water partition coefficient (Wildman–Crippen LogP) is 1.96. The van der Waals surface area contributed by atoms with Crippen LogP contribution in [0.5, 0.6) is 5.75 Å². The van der Waals surface area contributed by atoms with Crippen LogP contribution in [0.3, 0.4) is 0 Å². The van der Waals surface area contributed by atoms with Crippen molar-refractivity contribution in [3.63, 3.8) is 0 Å². The molecule has 0 aromatic heterocycles. The van der Waals surface area contributed by atoms with Gasteiger partial charge in [-0.25, -0.2) is 4.79 Å². The van der Waals surface area contributed by atoms with Gasteiger partial charge in [0.1, 0.15) is 5.75 Å². The third-order valence-electron chi connectivity index (χ3n) is 3.42. The first-order valence-corrected chi connectivity index (χ1v) is 6.56. The van der Waals surface area contributed by atoms with Crippen molar-refractivity contribution >= 4 is 11.7 Å². The zero-order chi connectivity index (χ0) is 13.8. The minimum Gasteiger partial charge on any atom is -0.497 e. The molecule has 1 aliphatic heterocycles. The van der Waals surface area contributed by atoms with Gasteiger partial charge in [-0.1, -0.05) is 0 Å². The van der Waals surface area contributed by atoms with E-state index in [1.807, 2.05) is 25.1 Å². The number of nitrogens with one attached hydrogen (secondary N) is 1. The van der Waals surface area contributed by atoms with E-state index in [9.17, 15) is 4.79 Å². The molecule has 1 aromatic rings. The summed E-state index contributed by atoms with van der Waals surface area (Å²) in [5.41, 5.74) is 7.68. The number of likely N-dealkylation sites (tertiary alicyclic amines) is 1. The van der Waals surface area contributed by atoms with E-state index in [-0.39, 0.29) is 12.1 Å². The van der Waals surface area contributed by atoms with Crippen LogP contribution in [0.25, 0.3) is 0 Å². The summed E-state index contributed by atoms with van der Waals surface area (Å²) >= 11 is 0. The van der Waals surface area contributed by atoms with E-state index in [1.54, 1.807) is 12.0 Å². The fourth-order valence-corrected chi connectivity index (χ4v) is 2.29. The van der Waals surface area contributed by atoms with Gasteiger partial charge in [-0.2, -0.15) is 0 Å². The van der Waals surface area contributed by atoms with Crippen LogP contribution in [0.4, 0.5) is 10.5 Å². The molecule has 2 amide bonds. The van der Waals surface area contributed by atoms with Crippen molar-refractivity contribution in [3.05, 3.63) is 23.8 Å². The molecular formula is C14H21N3O2. The summed E-state index contributed by atoms with van der Waals surface area (Å²) in [7, 11) is 1.63. The molecule has 1 fully saturated rings. The monoisotopic (exact) mass is 263 g/mol. The average molecular weight is 263 g/mol. The third kappa shape index (κ3) is 3.38. The lowest BCUT2D eigenvalue weighted by Crippen LogP contribution is -2.47. The number of methoxy groups -OCH3 is 1. The van der Waals surface area contributed by atoms with E-state index >= 15 is 0 Å². The Hall–Kier alpha value is -1.75. The van der Waals surface area contributed by atoms with Gasteiger partial charge < -0.3 is 20.7 Å². The lowest BCUT2D eigenvalue weighted by Gasteiger charge is -2.31. The number of carbonyl (C=O) groups excluding carboxylic acids is 1. The first kappa shape index (κ1) is 13.7. The molecule has 3 N–H and O–H groups in total. The van der Waals surface area contributed by atoms with Crippen molar-refractivity contribution in [1.82, 2.24) is 4.90 Å². The van der Waals surface area contributed by atoms with Crippen LogP contribution in [-0.4, -0.2) is 37.2 Å². The highest BCUT2D eigenvalue weighted by atomic mass is 16.5. The lowest BCUT2D eigenvalue weighted by molar-refractivity contribution is 0.193. The Morgan fingerprint density at radius 2 is 2.32 bits per heavy atom. The summed E-state index contributed by atoms with van der Waals surface area (Å²) in [6.07, 6.45) is 1.96. The summed E-state index contributed by atoms with van der Waals surface area (Å²) < 4.78 is 5.15. The minimum atomic E-state index is -0.0802. The number of nitrogens with two attached hydrogens (primary N) is 1. The quantitative estimate of drug-likeness (QED) is 0.857. The number of hydrogen-bond donors (Lipinski definition) is 2. The van der Waals surface area contributed by atoms with Crippen LogP contribution in [0.2, 0.25) is 0 Å². The lowest BCUT2D eigenvalue weighted by atomic mass is 10.1. The first-order chi connectivity index (χ1) is 9.10. The third-order valence-corrected chi connectivity index (χ3v) is 3.42. The van der Waals surface area contributed by atoms with Gasteiger partial charge in [0.05, 0.1) is 7.11 Å². The number of benzene rings is 1. The number of hydrogen-bond acceptors (Lipinski definition) is 3. The number of aryl methyl sites for hydroxylation is 1. The fraction of sp³-hybridized carbons (Fsp3) is 0.500. The molecule has 1 saturated heterocycles. The molecule has 1 aliphatic rings. The summed E-state index contributed by atoms with van der Waals surface area (Å²) in [5.74, 6) is 0.787. The average Bonchev–Trinajstić information content (AvgIpc) is 2.41. The van der Waals surface area contributed by atoms with Crippen LogP contribution in [0.15, 0.2) is 18.2 Å². The standard InChI is InChI=1S/C14H21N3O2/c1-10-8-12(19-2)5-6-13(10)16-14(18)17-7-3-4-11(15)9-17/h5-6,8,11H,3-4,7,9,15H2,1-2H3,(H,16,18). The molecular weight excluding hydrogens is 242 g/mol. The van der Waals surface area contributed by atoms with Gasteiger partial charge in [-0.3, -0.25) is 0 Å². The highest BCUT2D eigenvalue weighted by molar-refractivity contribution is 5.90. The van der Waals surface area contributed by atoms with E-state index < -0.39 is 0 Å². The van der Waals surface area contributed by atoms with E-state index in [2.05, 4.69) is 5.32 Å². The molecule has 104 valence electrons. The molecule has 1 atom stereocenters. The molecule has 1 aromatic carbocycles. The Bertz CT molecular complexity index is 462. The molecule has 0 saturated carbocycles. The molecule has 19 heavy (non-hydrogen) atoms. The van der Waals surface area contributed by atoms with E-state index in [0.717, 1.165) is 36.4 Å². The Morgan fingerprint density at radius 1 is 1.53 bits per heavy atom. The SMILES string of the molecule is COc1ccc(NC(=O)N2CCCC(N)C2)c(C)c1. The predicted molar refractivity (Wildman–Crippen MR) is 75.5 cm³/mol. The second-order valence-corrected chi connectivity index (χ2v) is 4.96. The van der Waals surface area contributed by atoms with Gasteiger partial charge in [0.2, 0.25) is 0 Å². The molecule has 1 unspecified atom stereocenters. The van der Waals surface area contributed by atoms with E-state index in [1.165, 1.54) is 0 Å². The zero-order valence-electron chi connectivity index (χ0n) is 11.5. The number of ether oxygens (including phenoxy) is 1. The maximum Gasteiger partial charge on any atom is 0.321 e. The Balaban J connectivity index is 2.02. The molecule has 0 bridgehead atoms. The van der Waals surface area contributed by atoms with Gasteiger partial charge in [0.25, 0.3) is 0 Å². The molecule has 0 radical (unpaired) electrons. The van der Waals surface area contributed by atoms with Crippen LogP contribution in [-0.2, 0) is 0 Å². The molecule has 2 rings (SSSR count). The van der Waals surface area contributed by atoms with Gasteiger partial charge >= 0.3 is 6.03 Å². The van der Waals surface area contributed by atoms with Crippen molar-refractivity contribution in [1.29, 1.82) is 0 Å². The summed E-state index contributed by atoms with van der Waals surface area (Å²) in [6.45, 7) is 3.34. The van der Waals surface area contributed by atoms with Gasteiger partial charge in [0.15, 0.2) is 0 Å². The van der Waals surface area contributed by atoms with Crippen LogP contribution in [0, 0.1) is 6.92 Å². The summed E-state index contributed by atoms with van der Waals surface area (Å²) in [4.78, 5) is 13.9. The summed E-state index contributed by atoms with van der Waals surface area (Å²) in [5, 5.41) is 2.93. The smallest absolute Gasteiger partial charge is 0.321 e. The second-order valence-electron chi connectivity index (χ2n) is 4.96. The van der Waals surface area contributed by atoms with Crippen molar-refractivity contribution < 1.29 is 9.53 Å². The maximum atomic E-state index is 12.1. The number of piperidine rings is 1. The van der Waals surface area contributed by atoms with Crippen molar-refractivity contribution in [2.24, 2.45) is 5.73 Å². The highest BCUT2D eigenvalue weighted by Gasteiger charge is 2.21. The van der Waals surface area contributed by atoms with Crippen LogP contribution >= 0.6 is 0 Å². The van der Waals surface area contributed by atoms with Crippen molar-refractivity contribution in [2.45, 2.75) is 25.8 Å². The maximum absolute atomic E-state index is 12.1. The molecule has 5 nitrogen and oxygen atoms in total. The number of nitrogens with zero attached hydrogens (tertiary/aromatic N) is 1. The normalized spacial score (nSPS) is 19.1. The fourth-order valence-electron chi connectivity index (χ4n) is 2.29. The Kier molecular flexibility index (Phi) is 4.27. The zero-order valence-corrected chi connectivity index (χ0v) is 11.5. The number of carbonyl (C=O) groups is 1. The number of rotatable bonds is 2. The van der Waals surface area contributed by atoms with Crippen LogP contribution in [0.1, 0.15) is 18.4 Å². The Labute approximate surface area is 113 Å². The number of amides is 2. The van der Waals surface area contributed by atoms with Crippen molar-refractivity contribution in [2.75, 3.05) is 25.5 Å². The molecule has 5 heteroatoms. The van der Waals surface area contributed by atoms with Crippen LogP contribution < -0.4 is 15.8 Å². The number of anilines is 1. The molecule has 1 heterocycles. The first-order valence-electron chi connectivity index (χ1n) is 6.56.